The Morgan fingerprint density at radius 1 is 1.37 bits per heavy atom. The number of esters is 1. The Hall–Kier alpha value is -1.99. The second kappa shape index (κ2) is 5.77. The Labute approximate surface area is 107 Å². The largest absolute Gasteiger partial charge is 0.573 e. The highest BCUT2D eigenvalue weighted by atomic mass is 19.4. The number of methoxy groups -OCH3 is 1. The van der Waals surface area contributed by atoms with Crippen molar-refractivity contribution in [3.8, 4) is 11.5 Å². The quantitative estimate of drug-likeness (QED) is 0.792. The maximum absolute atomic E-state index is 12.4. The van der Waals surface area contributed by atoms with E-state index in [1.165, 1.54) is 27.2 Å². The lowest BCUT2D eigenvalue weighted by molar-refractivity contribution is -0.275. The van der Waals surface area contributed by atoms with Crippen molar-refractivity contribution in [2.45, 2.75) is 20.2 Å². The Bertz CT molecular complexity index is 474. The van der Waals surface area contributed by atoms with Crippen molar-refractivity contribution in [3.05, 3.63) is 17.5 Å². The molecule has 0 radical (unpaired) electrons. The number of ether oxygens (including phenoxy) is 3. The third kappa shape index (κ3) is 3.73. The lowest BCUT2D eigenvalue weighted by Crippen LogP contribution is -2.21. The van der Waals surface area contributed by atoms with E-state index in [4.69, 9.17) is 4.74 Å². The molecule has 0 aliphatic rings. The number of hydrogen-bond donors (Lipinski definition) is 0. The summed E-state index contributed by atoms with van der Waals surface area (Å²) in [6, 6.07) is 0. The van der Waals surface area contributed by atoms with Crippen molar-refractivity contribution >= 4 is 5.97 Å². The van der Waals surface area contributed by atoms with Crippen LogP contribution in [0, 0.1) is 6.92 Å². The number of aryl methyl sites for hydroxylation is 1. The molecule has 0 bridgehead atoms. The molecule has 0 aliphatic carbocycles. The van der Waals surface area contributed by atoms with Crippen molar-refractivity contribution < 1.29 is 32.2 Å². The molecule has 0 atom stereocenters. The van der Waals surface area contributed by atoms with Gasteiger partial charge in [-0.25, -0.2) is 9.78 Å². The van der Waals surface area contributed by atoms with E-state index in [0.717, 1.165) is 0 Å². The maximum Gasteiger partial charge on any atom is 0.573 e. The lowest BCUT2D eigenvalue weighted by atomic mass is 10.2. The van der Waals surface area contributed by atoms with Crippen LogP contribution < -0.4 is 9.47 Å². The predicted molar refractivity (Wildman–Crippen MR) is 58.2 cm³/mol. The highest BCUT2D eigenvalue weighted by Crippen LogP contribution is 2.37. The summed E-state index contributed by atoms with van der Waals surface area (Å²) >= 11 is 0. The van der Waals surface area contributed by atoms with Crippen LogP contribution in [0.3, 0.4) is 0 Å². The minimum atomic E-state index is -4.97. The molecule has 0 N–H and O–H groups in total. The average molecular weight is 279 g/mol. The zero-order valence-corrected chi connectivity index (χ0v) is 10.5. The first-order chi connectivity index (χ1) is 8.80. The molecule has 1 aromatic rings. The third-order valence-electron chi connectivity index (χ3n) is 2.06. The smallest absolute Gasteiger partial charge is 0.492 e. The Morgan fingerprint density at radius 2 is 2.00 bits per heavy atom. The first-order valence-electron chi connectivity index (χ1n) is 5.26. The molecule has 0 fully saturated rings. The summed E-state index contributed by atoms with van der Waals surface area (Å²) in [5, 5.41) is 0. The lowest BCUT2D eigenvalue weighted by Gasteiger charge is -2.16. The minimum absolute atomic E-state index is 0.00215. The van der Waals surface area contributed by atoms with Crippen LogP contribution in [0.4, 0.5) is 13.2 Å². The summed E-state index contributed by atoms with van der Waals surface area (Å²) < 4.78 is 50.3. The van der Waals surface area contributed by atoms with Gasteiger partial charge in [0, 0.05) is 11.8 Å². The zero-order valence-electron chi connectivity index (χ0n) is 10.5. The van der Waals surface area contributed by atoms with E-state index >= 15 is 0 Å². The van der Waals surface area contributed by atoms with Crippen molar-refractivity contribution in [2.75, 3.05) is 13.7 Å². The second-order valence-corrected chi connectivity index (χ2v) is 3.42. The first-order valence-corrected chi connectivity index (χ1v) is 5.26. The Kier molecular flexibility index (Phi) is 4.57. The van der Waals surface area contributed by atoms with Gasteiger partial charge in [0.05, 0.1) is 13.7 Å². The molecule has 0 aliphatic heterocycles. The molecule has 106 valence electrons. The minimum Gasteiger partial charge on any atom is -0.492 e. The second-order valence-electron chi connectivity index (χ2n) is 3.42. The number of halogens is 3. The number of rotatable bonds is 4. The number of alkyl halides is 3. The summed E-state index contributed by atoms with van der Waals surface area (Å²) in [5.41, 5.74) is -0.281. The highest BCUT2D eigenvalue weighted by Gasteiger charge is 2.36. The predicted octanol–water partition coefficient (Wildman–Crippen LogP) is 2.47. The fourth-order valence-corrected chi connectivity index (χ4v) is 1.37. The standard InChI is InChI=1S/C11H12F3NO4/c1-4-18-10(16)7-9(19-11(12,13)14)8(17-3)6(2)5-15-7/h5H,4H2,1-3H3. The summed E-state index contributed by atoms with van der Waals surface area (Å²) in [5.74, 6) is -2.02. The van der Waals surface area contributed by atoms with Crippen LogP contribution in [-0.4, -0.2) is 31.0 Å². The van der Waals surface area contributed by atoms with E-state index in [9.17, 15) is 18.0 Å². The van der Waals surface area contributed by atoms with Crippen LogP contribution in [0.25, 0.3) is 0 Å². The van der Waals surface area contributed by atoms with Crippen molar-refractivity contribution in [1.29, 1.82) is 0 Å². The molecule has 8 heteroatoms. The molecule has 1 heterocycles. The van der Waals surface area contributed by atoms with E-state index in [1.807, 2.05) is 0 Å². The average Bonchev–Trinajstić information content (AvgIpc) is 2.27. The molecular weight excluding hydrogens is 267 g/mol. The summed E-state index contributed by atoms with van der Waals surface area (Å²) in [4.78, 5) is 15.2. The SMILES string of the molecule is CCOC(=O)c1ncc(C)c(OC)c1OC(F)(F)F. The van der Waals surface area contributed by atoms with Crippen LogP contribution in [0.2, 0.25) is 0 Å². The topological polar surface area (TPSA) is 57.7 Å². The summed E-state index contributed by atoms with van der Waals surface area (Å²) in [6.07, 6.45) is -3.77. The molecule has 1 aromatic heterocycles. The number of carbonyl (C=O) groups is 1. The molecule has 0 saturated heterocycles. The van der Waals surface area contributed by atoms with Gasteiger partial charge in [0.15, 0.2) is 11.4 Å². The number of hydrogen-bond acceptors (Lipinski definition) is 5. The van der Waals surface area contributed by atoms with Gasteiger partial charge in [-0.05, 0) is 13.8 Å². The molecule has 0 amide bonds. The summed E-state index contributed by atoms with van der Waals surface area (Å²) in [7, 11) is 1.17. The van der Waals surface area contributed by atoms with E-state index in [1.54, 1.807) is 0 Å². The van der Waals surface area contributed by atoms with Gasteiger partial charge >= 0.3 is 12.3 Å². The molecule has 0 aromatic carbocycles. The number of pyridine rings is 1. The van der Waals surface area contributed by atoms with Gasteiger partial charge in [-0.3, -0.25) is 0 Å². The van der Waals surface area contributed by atoms with Gasteiger partial charge in [0.25, 0.3) is 0 Å². The number of carbonyl (C=O) groups excluding carboxylic acids is 1. The van der Waals surface area contributed by atoms with Crippen LogP contribution >= 0.6 is 0 Å². The normalized spacial score (nSPS) is 11.1. The van der Waals surface area contributed by atoms with Crippen LogP contribution in [0.1, 0.15) is 23.0 Å². The van der Waals surface area contributed by atoms with Crippen LogP contribution in [0.15, 0.2) is 6.20 Å². The zero-order chi connectivity index (χ0) is 14.6. The molecule has 0 spiro atoms. The molecule has 0 saturated carbocycles. The highest BCUT2D eigenvalue weighted by molar-refractivity contribution is 5.91. The van der Waals surface area contributed by atoms with E-state index in [-0.39, 0.29) is 12.4 Å². The third-order valence-corrected chi connectivity index (χ3v) is 2.06. The molecule has 5 nitrogen and oxygen atoms in total. The van der Waals surface area contributed by atoms with Gasteiger partial charge in [-0.15, -0.1) is 13.2 Å². The van der Waals surface area contributed by atoms with Crippen LogP contribution in [-0.2, 0) is 4.74 Å². The first kappa shape index (κ1) is 15.1. The van der Waals surface area contributed by atoms with E-state index in [2.05, 4.69) is 14.5 Å². The molecular formula is C11H12F3NO4. The number of nitrogens with zero attached hydrogens (tertiary/aromatic N) is 1. The van der Waals surface area contributed by atoms with Gasteiger partial charge in [-0.2, -0.15) is 0 Å². The number of aromatic nitrogens is 1. The Morgan fingerprint density at radius 3 is 2.47 bits per heavy atom. The summed E-state index contributed by atoms with van der Waals surface area (Å²) in [6.45, 7) is 3.00. The van der Waals surface area contributed by atoms with Crippen molar-refractivity contribution in [3.63, 3.8) is 0 Å². The molecule has 1 rings (SSSR count). The molecule has 19 heavy (non-hydrogen) atoms. The van der Waals surface area contributed by atoms with Gasteiger partial charge in [0.2, 0.25) is 5.75 Å². The maximum atomic E-state index is 12.4. The van der Waals surface area contributed by atoms with Crippen molar-refractivity contribution in [1.82, 2.24) is 4.98 Å². The molecule has 0 unspecified atom stereocenters. The fourth-order valence-electron chi connectivity index (χ4n) is 1.37. The van der Waals surface area contributed by atoms with E-state index in [0.29, 0.717) is 5.56 Å². The van der Waals surface area contributed by atoms with Gasteiger partial charge in [-0.1, -0.05) is 0 Å². The Balaban J connectivity index is 3.34. The van der Waals surface area contributed by atoms with Crippen molar-refractivity contribution in [2.24, 2.45) is 0 Å². The van der Waals surface area contributed by atoms with Gasteiger partial charge < -0.3 is 14.2 Å². The monoisotopic (exact) mass is 279 g/mol. The van der Waals surface area contributed by atoms with E-state index < -0.39 is 23.8 Å². The van der Waals surface area contributed by atoms with Gasteiger partial charge in [0.1, 0.15) is 0 Å². The fraction of sp³-hybridized carbons (Fsp3) is 0.455. The van der Waals surface area contributed by atoms with Crippen LogP contribution in [0.5, 0.6) is 11.5 Å².